The van der Waals surface area contributed by atoms with Crippen molar-refractivity contribution in [3.8, 4) is 22.8 Å². The van der Waals surface area contributed by atoms with Gasteiger partial charge in [0.05, 0.1) is 16.8 Å². The molecule has 0 spiro atoms. The molecule has 1 N–H and O–H groups in total. The Labute approximate surface area is 212 Å². The number of hydrogen-bond donors (Lipinski definition) is 1. The number of aromatic nitrogens is 1. The van der Waals surface area contributed by atoms with Crippen molar-refractivity contribution in [2.45, 2.75) is 12.8 Å². The van der Waals surface area contributed by atoms with Crippen molar-refractivity contribution in [3.63, 3.8) is 0 Å². The van der Waals surface area contributed by atoms with Crippen molar-refractivity contribution in [1.29, 1.82) is 0 Å². The summed E-state index contributed by atoms with van der Waals surface area (Å²) in [7, 11) is 0. The number of fused-ring (bicyclic) bond motifs is 2. The molecule has 0 bridgehead atoms. The molecule has 3 heterocycles. The van der Waals surface area contributed by atoms with Gasteiger partial charge in [-0.1, -0.05) is 18.2 Å². The van der Waals surface area contributed by atoms with E-state index in [4.69, 9.17) is 14.5 Å². The third-order valence-corrected chi connectivity index (χ3v) is 6.88. The lowest BCUT2D eigenvalue weighted by molar-refractivity contribution is -0.121. The molecule has 0 atom stereocenters. The van der Waals surface area contributed by atoms with Crippen LogP contribution in [0.4, 0.5) is 10.1 Å². The first kappa shape index (κ1) is 23.0. The Bertz CT molecular complexity index is 1500. The van der Waals surface area contributed by atoms with Crippen LogP contribution >= 0.6 is 0 Å². The van der Waals surface area contributed by atoms with Gasteiger partial charge in [-0.15, -0.1) is 0 Å². The number of nitrogens with zero attached hydrogens (tertiary/aromatic N) is 2. The van der Waals surface area contributed by atoms with E-state index < -0.39 is 0 Å². The number of hydrogen-bond acceptors (Lipinski definition) is 5. The zero-order valence-corrected chi connectivity index (χ0v) is 19.9. The fourth-order valence-electron chi connectivity index (χ4n) is 4.85. The maximum absolute atomic E-state index is 13.6. The van der Waals surface area contributed by atoms with E-state index in [1.165, 1.54) is 12.1 Å². The molecule has 186 valence electrons. The van der Waals surface area contributed by atoms with Gasteiger partial charge in [0, 0.05) is 41.7 Å². The SMILES string of the molecule is O=C(Nc1ccc2c(c1)OCO2)C1CCN(C(=O)c2cc(-c3ccc(F)cc3)nc3ccccc23)CC1. The van der Waals surface area contributed by atoms with Crippen molar-refractivity contribution >= 4 is 28.4 Å². The summed E-state index contributed by atoms with van der Waals surface area (Å²) in [5.41, 5.74) is 3.25. The number of carbonyl (C=O) groups excluding carboxylic acids is 2. The number of anilines is 1. The number of pyridine rings is 1. The second-order valence-electron chi connectivity index (χ2n) is 9.20. The number of likely N-dealkylation sites (tertiary alicyclic amines) is 1. The Morgan fingerprint density at radius 2 is 1.68 bits per heavy atom. The average molecular weight is 498 g/mol. The molecule has 0 aliphatic carbocycles. The molecule has 0 radical (unpaired) electrons. The molecular weight excluding hydrogens is 473 g/mol. The molecule has 0 unspecified atom stereocenters. The van der Waals surface area contributed by atoms with Crippen molar-refractivity contribution in [1.82, 2.24) is 9.88 Å². The number of halogens is 1. The quantitative estimate of drug-likeness (QED) is 0.416. The number of nitrogens with one attached hydrogen (secondary N) is 1. The number of piperidine rings is 1. The van der Waals surface area contributed by atoms with Crippen LogP contribution in [-0.2, 0) is 4.79 Å². The van der Waals surface area contributed by atoms with Crippen LogP contribution in [0.2, 0.25) is 0 Å². The normalized spacial score (nSPS) is 15.1. The van der Waals surface area contributed by atoms with Gasteiger partial charge in [-0.3, -0.25) is 9.59 Å². The van der Waals surface area contributed by atoms with Gasteiger partial charge in [0.2, 0.25) is 12.7 Å². The number of benzene rings is 3. The van der Waals surface area contributed by atoms with Crippen LogP contribution in [0.1, 0.15) is 23.2 Å². The maximum atomic E-state index is 13.6. The van der Waals surface area contributed by atoms with E-state index in [0.717, 1.165) is 10.9 Å². The molecule has 1 saturated heterocycles. The Morgan fingerprint density at radius 3 is 2.49 bits per heavy atom. The van der Waals surface area contributed by atoms with E-state index in [2.05, 4.69) is 5.32 Å². The Kier molecular flexibility index (Phi) is 5.92. The lowest BCUT2D eigenvalue weighted by atomic mass is 9.94. The third-order valence-electron chi connectivity index (χ3n) is 6.88. The highest BCUT2D eigenvalue weighted by Crippen LogP contribution is 2.35. The van der Waals surface area contributed by atoms with Crippen LogP contribution in [0.25, 0.3) is 22.2 Å². The molecule has 4 aromatic rings. The van der Waals surface area contributed by atoms with Crippen molar-refractivity contribution < 1.29 is 23.5 Å². The Balaban J connectivity index is 1.17. The van der Waals surface area contributed by atoms with E-state index >= 15 is 0 Å². The number of rotatable bonds is 4. The van der Waals surface area contributed by atoms with Gasteiger partial charge >= 0.3 is 0 Å². The van der Waals surface area contributed by atoms with Gasteiger partial charge in [0.1, 0.15) is 5.82 Å². The molecule has 6 rings (SSSR count). The van der Waals surface area contributed by atoms with Crippen LogP contribution in [0, 0.1) is 11.7 Å². The molecule has 1 fully saturated rings. The molecule has 0 saturated carbocycles. The maximum Gasteiger partial charge on any atom is 0.254 e. The van der Waals surface area contributed by atoms with Gasteiger partial charge < -0.3 is 19.7 Å². The molecule has 7 nitrogen and oxygen atoms in total. The predicted molar refractivity (Wildman–Crippen MR) is 137 cm³/mol. The summed E-state index contributed by atoms with van der Waals surface area (Å²) >= 11 is 0. The van der Waals surface area contributed by atoms with Crippen molar-refractivity contribution in [2.75, 3.05) is 25.2 Å². The van der Waals surface area contributed by atoms with Crippen LogP contribution < -0.4 is 14.8 Å². The fraction of sp³-hybridized carbons (Fsp3) is 0.207. The van der Waals surface area contributed by atoms with Gasteiger partial charge in [0.15, 0.2) is 11.5 Å². The first-order chi connectivity index (χ1) is 18.0. The Hall–Kier alpha value is -4.46. The highest BCUT2D eigenvalue weighted by atomic mass is 19.1. The largest absolute Gasteiger partial charge is 0.454 e. The molecule has 3 aromatic carbocycles. The fourth-order valence-corrected chi connectivity index (χ4v) is 4.85. The minimum absolute atomic E-state index is 0.0704. The first-order valence-electron chi connectivity index (χ1n) is 12.2. The van der Waals surface area contributed by atoms with E-state index in [1.807, 2.05) is 24.3 Å². The molecule has 8 heteroatoms. The molecule has 2 aliphatic heterocycles. The second-order valence-corrected chi connectivity index (χ2v) is 9.20. The molecule has 2 amide bonds. The summed E-state index contributed by atoms with van der Waals surface area (Å²) in [6.45, 7) is 1.12. The molecular formula is C29H24FN3O4. The third kappa shape index (κ3) is 4.58. The molecule has 37 heavy (non-hydrogen) atoms. The van der Waals surface area contributed by atoms with E-state index in [1.54, 1.807) is 41.3 Å². The molecule has 2 aliphatic rings. The monoisotopic (exact) mass is 497 g/mol. The van der Waals surface area contributed by atoms with E-state index in [0.29, 0.717) is 59.9 Å². The smallest absolute Gasteiger partial charge is 0.254 e. The zero-order valence-electron chi connectivity index (χ0n) is 19.9. The number of amides is 2. The van der Waals surface area contributed by atoms with E-state index in [-0.39, 0.29) is 30.3 Å². The number of para-hydroxylation sites is 1. The minimum atomic E-state index is -0.328. The summed E-state index contributed by atoms with van der Waals surface area (Å²) < 4.78 is 24.1. The van der Waals surface area contributed by atoms with Crippen molar-refractivity contribution in [3.05, 3.63) is 84.2 Å². The van der Waals surface area contributed by atoms with Crippen molar-refractivity contribution in [2.24, 2.45) is 5.92 Å². The standard InChI is InChI=1S/C29H24FN3O4/c30-20-7-5-18(6-8-20)25-16-23(22-3-1-2-4-24(22)32-25)29(35)33-13-11-19(12-14-33)28(34)31-21-9-10-26-27(15-21)37-17-36-26/h1-10,15-16,19H,11-14,17H2,(H,31,34). The lowest BCUT2D eigenvalue weighted by Gasteiger charge is -2.31. The van der Waals surface area contributed by atoms with Crippen LogP contribution in [0.3, 0.4) is 0 Å². The summed E-state index contributed by atoms with van der Waals surface area (Å²) in [6.07, 6.45) is 1.13. The topological polar surface area (TPSA) is 80.8 Å². The predicted octanol–water partition coefficient (Wildman–Crippen LogP) is 5.26. The number of ether oxygens (including phenoxy) is 2. The summed E-state index contributed by atoms with van der Waals surface area (Å²) in [6, 6.07) is 20.7. The molecule has 1 aromatic heterocycles. The van der Waals surface area contributed by atoms with Gasteiger partial charge in [-0.25, -0.2) is 9.37 Å². The zero-order chi connectivity index (χ0) is 25.4. The summed E-state index contributed by atoms with van der Waals surface area (Å²) in [5.74, 6) is 0.582. The van der Waals surface area contributed by atoms with E-state index in [9.17, 15) is 14.0 Å². The van der Waals surface area contributed by atoms with Crippen LogP contribution in [0.15, 0.2) is 72.8 Å². The second kappa shape index (κ2) is 9.54. The van der Waals surface area contributed by atoms with Gasteiger partial charge in [-0.2, -0.15) is 0 Å². The van der Waals surface area contributed by atoms with Crippen LogP contribution in [0.5, 0.6) is 11.5 Å². The highest BCUT2D eigenvalue weighted by molar-refractivity contribution is 6.07. The van der Waals surface area contributed by atoms with Crippen LogP contribution in [-0.4, -0.2) is 41.6 Å². The Morgan fingerprint density at radius 1 is 0.919 bits per heavy atom. The first-order valence-corrected chi connectivity index (χ1v) is 12.2. The summed E-state index contributed by atoms with van der Waals surface area (Å²) in [5, 5.41) is 3.72. The number of carbonyl (C=O) groups is 2. The lowest BCUT2D eigenvalue weighted by Crippen LogP contribution is -2.41. The average Bonchev–Trinajstić information content (AvgIpc) is 3.40. The van der Waals surface area contributed by atoms with Gasteiger partial charge in [-0.05, 0) is 61.4 Å². The van der Waals surface area contributed by atoms with Gasteiger partial charge in [0.25, 0.3) is 5.91 Å². The minimum Gasteiger partial charge on any atom is -0.454 e. The highest BCUT2D eigenvalue weighted by Gasteiger charge is 2.29. The summed E-state index contributed by atoms with van der Waals surface area (Å²) in [4.78, 5) is 33.0.